The van der Waals surface area contributed by atoms with E-state index in [1.807, 2.05) is 38.1 Å². The van der Waals surface area contributed by atoms with Crippen molar-refractivity contribution in [3.63, 3.8) is 0 Å². The Kier molecular flexibility index (Phi) is 6.16. The van der Waals surface area contributed by atoms with Crippen LogP contribution in [0.1, 0.15) is 20.8 Å². The molecule has 0 radical (unpaired) electrons. The van der Waals surface area contributed by atoms with Crippen LogP contribution in [-0.2, 0) is 4.79 Å². The number of para-hydroxylation sites is 1. The van der Waals surface area contributed by atoms with Crippen molar-refractivity contribution in [2.75, 3.05) is 5.32 Å². The zero-order chi connectivity index (χ0) is 20.1. The Balaban J connectivity index is 1.69. The van der Waals surface area contributed by atoms with Crippen molar-refractivity contribution >= 4 is 23.3 Å². The molecule has 2 aromatic carbocycles. The number of rotatable bonds is 7. The van der Waals surface area contributed by atoms with Gasteiger partial charge in [0.1, 0.15) is 11.5 Å². The monoisotopic (exact) mass is 401 g/mol. The zero-order valence-corrected chi connectivity index (χ0v) is 16.4. The number of aromatic nitrogens is 2. The minimum absolute atomic E-state index is 0.0778. The molecule has 1 N–H and O–H groups in total. The standard InChI is InChI=1S/C20H20ClN3O4/c1-12(2)26-15-10-8-14(9-11-15)18-19(24-28-23-18)22-20(25)13(3)27-17-7-5-4-6-16(17)21/h4-13H,1-3H3,(H,22,24,25). The number of halogens is 1. The van der Waals surface area contributed by atoms with Crippen molar-refractivity contribution < 1.29 is 18.9 Å². The predicted octanol–water partition coefficient (Wildman–Crippen LogP) is 4.58. The summed E-state index contributed by atoms with van der Waals surface area (Å²) in [5.41, 5.74) is 1.14. The normalized spacial score (nSPS) is 11.9. The molecule has 1 heterocycles. The summed E-state index contributed by atoms with van der Waals surface area (Å²) in [5.74, 6) is 0.961. The SMILES string of the molecule is CC(C)Oc1ccc(-c2nonc2NC(=O)C(C)Oc2ccccc2Cl)cc1. The number of anilines is 1. The van der Waals surface area contributed by atoms with Gasteiger partial charge in [-0.3, -0.25) is 4.79 Å². The molecule has 0 bridgehead atoms. The van der Waals surface area contributed by atoms with Gasteiger partial charge in [-0.2, -0.15) is 0 Å². The molecule has 0 aliphatic heterocycles. The molecule has 0 aliphatic carbocycles. The third-order valence-electron chi connectivity index (χ3n) is 3.74. The van der Waals surface area contributed by atoms with Gasteiger partial charge in [0.15, 0.2) is 11.8 Å². The van der Waals surface area contributed by atoms with E-state index in [4.69, 9.17) is 25.7 Å². The van der Waals surface area contributed by atoms with Crippen LogP contribution in [0, 0.1) is 0 Å². The number of carbonyl (C=O) groups excluding carboxylic acids is 1. The topological polar surface area (TPSA) is 86.5 Å². The summed E-state index contributed by atoms with van der Waals surface area (Å²) in [7, 11) is 0. The third kappa shape index (κ3) is 4.80. The molecule has 3 aromatic rings. The fourth-order valence-corrected chi connectivity index (χ4v) is 2.61. The van der Waals surface area contributed by atoms with Crippen molar-refractivity contribution in [1.29, 1.82) is 0 Å². The number of hydrogen-bond donors (Lipinski definition) is 1. The lowest BCUT2D eigenvalue weighted by Gasteiger charge is -2.14. The average molecular weight is 402 g/mol. The summed E-state index contributed by atoms with van der Waals surface area (Å²) in [6, 6.07) is 14.2. The van der Waals surface area contributed by atoms with Crippen LogP contribution in [-0.4, -0.2) is 28.4 Å². The molecule has 0 saturated carbocycles. The molecule has 1 amide bonds. The Labute approximate surface area is 167 Å². The van der Waals surface area contributed by atoms with Crippen LogP contribution in [0.15, 0.2) is 53.2 Å². The van der Waals surface area contributed by atoms with E-state index in [0.717, 1.165) is 11.3 Å². The highest BCUT2D eigenvalue weighted by molar-refractivity contribution is 6.32. The quantitative estimate of drug-likeness (QED) is 0.623. The van der Waals surface area contributed by atoms with Gasteiger partial charge in [-0.05, 0) is 67.5 Å². The first-order chi connectivity index (χ1) is 13.4. The number of nitrogens with one attached hydrogen (secondary N) is 1. The van der Waals surface area contributed by atoms with Crippen LogP contribution in [0.3, 0.4) is 0 Å². The maximum absolute atomic E-state index is 12.5. The van der Waals surface area contributed by atoms with Gasteiger partial charge < -0.3 is 14.8 Å². The third-order valence-corrected chi connectivity index (χ3v) is 4.05. The minimum atomic E-state index is -0.800. The van der Waals surface area contributed by atoms with Gasteiger partial charge >= 0.3 is 0 Å². The number of ether oxygens (including phenoxy) is 2. The number of amides is 1. The molecule has 1 aromatic heterocycles. The van der Waals surface area contributed by atoms with Crippen molar-refractivity contribution in [1.82, 2.24) is 10.3 Å². The number of benzene rings is 2. The van der Waals surface area contributed by atoms with Crippen LogP contribution in [0.4, 0.5) is 5.82 Å². The van der Waals surface area contributed by atoms with Crippen LogP contribution < -0.4 is 14.8 Å². The molecule has 1 unspecified atom stereocenters. The predicted molar refractivity (Wildman–Crippen MR) is 106 cm³/mol. The van der Waals surface area contributed by atoms with E-state index in [1.165, 1.54) is 0 Å². The van der Waals surface area contributed by atoms with Crippen LogP contribution in [0.5, 0.6) is 11.5 Å². The van der Waals surface area contributed by atoms with E-state index < -0.39 is 12.0 Å². The van der Waals surface area contributed by atoms with Gasteiger partial charge in [0.2, 0.25) is 5.82 Å². The Morgan fingerprint density at radius 1 is 1.04 bits per heavy atom. The second-order valence-electron chi connectivity index (χ2n) is 6.33. The summed E-state index contributed by atoms with van der Waals surface area (Å²) in [5, 5.41) is 10.8. The van der Waals surface area contributed by atoms with E-state index in [-0.39, 0.29) is 11.9 Å². The number of hydrogen-bond acceptors (Lipinski definition) is 6. The first-order valence-electron chi connectivity index (χ1n) is 8.75. The second-order valence-corrected chi connectivity index (χ2v) is 6.74. The van der Waals surface area contributed by atoms with E-state index in [9.17, 15) is 4.79 Å². The number of carbonyl (C=O) groups is 1. The Hall–Kier alpha value is -3.06. The summed E-state index contributed by atoms with van der Waals surface area (Å²) < 4.78 is 16.0. The van der Waals surface area contributed by atoms with Crippen molar-refractivity contribution in [2.24, 2.45) is 0 Å². The number of nitrogens with zero attached hydrogens (tertiary/aromatic N) is 2. The molecular weight excluding hydrogens is 382 g/mol. The largest absolute Gasteiger partial charge is 0.491 e. The molecule has 0 spiro atoms. The van der Waals surface area contributed by atoms with E-state index in [2.05, 4.69) is 15.6 Å². The lowest BCUT2D eigenvalue weighted by Crippen LogP contribution is -2.30. The highest BCUT2D eigenvalue weighted by atomic mass is 35.5. The van der Waals surface area contributed by atoms with Crippen LogP contribution >= 0.6 is 11.6 Å². The molecule has 0 fully saturated rings. The molecule has 28 heavy (non-hydrogen) atoms. The Bertz CT molecular complexity index is 941. The van der Waals surface area contributed by atoms with Crippen molar-refractivity contribution in [3.05, 3.63) is 53.6 Å². The summed E-state index contributed by atoms with van der Waals surface area (Å²) in [6.07, 6.45) is -0.722. The minimum Gasteiger partial charge on any atom is -0.491 e. The molecule has 1 atom stereocenters. The molecule has 7 nitrogen and oxygen atoms in total. The van der Waals surface area contributed by atoms with E-state index >= 15 is 0 Å². The average Bonchev–Trinajstić information content (AvgIpc) is 3.11. The first kappa shape index (κ1) is 19.7. The maximum Gasteiger partial charge on any atom is 0.266 e. The fourth-order valence-electron chi connectivity index (χ4n) is 2.43. The van der Waals surface area contributed by atoms with Crippen molar-refractivity contribution in [2.45, 2.75) is 33.0 Å². The summed E-state index contributed by atoms with van der Waals surface area (Å²) in [4.78, 5) is 12.5. The first-order valence-corrected chi connectivity index (χ1v) is 9.13. The molecule has 0 saturated heterocycles. The molecule has 3 rings (SSSR count). The Morgan fingerprint density at radius 3 is 2.43 bits per heavy atom. The molecular formula is C20H20ClN3O4. The van der Waals surface area contributed by atoms with Gasteiger partial charge in [-0.25, -0.2) is 4.63 Å². The molecule has 146 valence electrons. The zero-order valence-electron chi connectivity index (χ0n) is 15.7. The molecule has 0 aliphatic rings. The van der Waals surface area contributed by atoms with Gasteiger partial charge in [-0.15, -0.1) is 0 Å². The van der Waals surface area contributed by atoms with Gasteiger partial charge in [-0.1, -0.05) is 23.7 Å². The second kappa shape index (κ2) is 8.75. The van der Waals surface area contributed by atoms with E-state index in [1.54, 1.807) is 31.2 Å². The highest BCUT2D eigenvalue weighted by Gasteiger charge is 2.21. The van der Waals surface area contributed by atoms with E-state index in [0.29, 0.717) is 16.5 Å². The fraction of sp³-hybridized carbons (Fsp3) is 0.250. The van der Waals surface area contributed by atoms with Gasteiger partial charge in [0.25, 0.3) is 5.91 Å². The van der Waals surface area contributed by atoms with Crippen LogP contribution in [0.2, 0.25) is 5.02 Å². The summed E-state index contributed by atoms with van der Waals surface area (Å²) >= 11 is 6.06. The lowest BCUT2D eigenvalue weighted by atomic mass is 10.1. The van der Waals surface area contributed by atoms with Crippen LogP contribution in [0.25, 0.3) is 11.3 Å². The van der Waals surface area contributed by atoms with Gasteiger partial charge in [0.05, 0.1) is 11.1 Å². The lowest BCUT2D eigenvalue weighted by molar-refractivity contribution is -0.122. The van der Waals surface area contributed by atoms with Crippen molar-refractivity contribution in [3.8, 4) is 22.8 Å². The smallest absolute Gasteiger partial charge is 0.266 e. The molecule has 8 heteroatoms. The van der Waals surface area contributed by atoms with Gasteiger partial charge in [0, 0.05) is 5.56 Å². The highest BCUT2D eigenvalue weighted by Crippen LogP contribution is 2.28. The summed E-state index contributed by atoms with van der Waals surface area (Å²) in [6.45, 7) is 5.52. The maximum atomic E-state index is 12.5. The Morgan fingerprint density at radius 2 is 1.75 bits per heavy atom.